The van der Waals surface area contributed by atoms with Crippen molar-refractivity contribution in [1.82, 2.24) is 16.0 Å². The number of likely N-dealkylation sites (N-methyl/N-ethyl adjacent to an activating group) is 1. The van der Waals surface area contributed by atoms with Gasteiger partial charge in [0.15, 0.2) is 0 Å². The van der Waals surface area contributed by atoms with Gasteiger partial charge in [-0.2, -0.15) is 0 Å². The third-order valence-electron chi connectivity index (χ3n) is 4.38. The number of ether oxygens (including phenoxy) is 4. The molecular formula is C24H40BN4O6. The van der Waals surface area contributed by atoms with Crippen LogP contribution < -0.4 is 26.4 Å². The van der Waals surface area contributed by atoms with Crippen molar-refractivity contribution in [3.05, 3.63) is 41.9 Å². The molecule has 0 saturated carbocycles. The van der Waals surface area contributed by atoms with Crippen LogP contribution in [0.4, 0.5) is 0 Å². The van der Waals surface area contributed by atoms with Gasteiger partial charge in [0, 0.05) is 25.2 Å². The molecule has 1 aromatic carbocycles. The van der Waals surface area contributed by atoms with E-state index >= 15 is 0 Å². The van der Waals surface area contributed by atoms with E-state index in [4.69, 9.17) is 24.7 Å². The highest BCUT2D eigenvalue weighted by Gasteiger charge is 2.08. The second kappa shape index (κ2) is 19.8. The third kappa shape index (κ3) is 16.8. The summed E-state index contributed by atoms with van der Waals surface area (Å²) in [5.41, 5.74) is 6.40. The van der Waals surface area contributed by atoms with E-state index in [1.54, 1.807) is 24.3 Å². The summed E-state index contributed by atoms with van der Waals surface area (Å²) in [6.07, 6.45) is 1.26. The van der Waals surface area contributed by atoms with Crippen LogP contribution >= 0.6 is 0 Å². The summed E-state index contributed by atoms with van der Waals surface area (Å²) in [6, 6.07) is 6.84. The fourth-order valence-electron chi connectivity index (χ4n) is 2.60. The highest BCUT2D eigenvalue weighted by atomic mass is 16.6. The van der Waals surface area contributed by atoms with E-state index in [2.05, 4.69) is 37.1 Å². The van der Waals surface area contributed by atoms with Crippen LogP contribution in [-0.2, 0) is 19.0 Å². The molecule has 10 nitrogen and oxygen atoms in total. The Kier molecular flexibility index (Phi) is 17.3. The fourth-order valence-corrected chi connectivity index (χ4v) is 2.60. The zero-order chi connectivity index (χ0) is 25.7. The first-order valence-electron chi connectivity index (χ1n) is 11.9. The first kappa shape index (κ1) is 30.6. The molecular weight excluding hydrogens is 451 g/mol. The standard InChI is InChI=1S/C24H40BN4O6/c1-19(2)25-8-5-12-32-13-11-28-23(30)18-33-14-15-34-22(26)17-35-21-7-4-6-20(16-21)24(31)29-10-9-27-3/h4-8,16,19,22,27H,9-15,17-18,26H2,1-3H3,(H,28,30)(H,29,31)/b8-5+. The Bertz CT molecular complexity index is 750. The molecule has 0 aromatic heterocycles. The average molecular weight is 491 g/mol. The molecule has 1 rings (SSSR count). The molecule has 0 bridgehead atoms. The zero-order valence-corrected chi connectivity index (χ0v) is 21.1. The maximum absolute atomic E-state index is 12.1. The molecule has 1 atom stereocenters. The number of hydrogen-bond acceptors (Lipinski definition) is 8. The summed E-state index contributed by atoms with van der Waals surface area (Å²) in [4.78, 5) is 23.8. The van der Waals surface area contributed by atoms with Crippen LogP contribution in [0.25, 0.3) is 0 Å². The van der Waals surface area contributed by atoms with Crippen LogP contribution in [0.2, 0.25) is 5.82 Å². The van der Waals surface area contributed by atoms with E-state index in [1.807, 2.05) is 19.1 Å². The predicted molar refractivity (Wildman–Crippen MR) is 137 cm³/mol. The van der Waals surface area contributed by atoms with Gasteiger partial charge in [0.05, 0.1) is 26.4 Å². The second-order valence-electron chi connectivity index (χ2n) is 7.95. The molecule has 1 radical (unpaired) electrons. The quantitative estimate of drug-likeness (QED) is 0.118. The molecule has 1 unspecified atom stereocenters. The van der Waals surface area contributed by atoms with Crippen molar-refractivity contribution in [2.24, 2.45) is 5.73 Å². The van der Waals surface area contributed by atoms with Gasteiger partial charge in [0.1, 0.15) is 32.5 Å². The number of carbonyl (C=O) groups is 2. The van der Waals surface area contributed by atoms with Gasteiger partial charge in [-0.15, -0.1) is 5.98 Å². The Morgan fingerprint density at radius 3 is 2.69 bits per heavy atom. The van der Waals surface area contributed by atoms with Crippen LogP contribution in [0, 0.1) is 0 Å². The largest absolute Gasteiger partial charge is 0.489 e. The number of nitrogens with one attached hydrogen (secondary N) is 3. The van der Waals surface area contributed by atoms with Gasteiger partial charge in [-0.25, -0.2) is 0 Å². The van der Waals surface area contributed by atoms with E-state index in [-0.39, 0.29) is 38.2 Å². The molecule has 0 aliphatic rings. The van der Waals surface area contributed by atoms with E-state index in [9.17, 15) is 9.59 Å². The molecule has 195 valence electrons. The summed E-state index contributed by atoms with van der Waals surface area (Å²) in [6.45, 7) is 7.27. The minimum atomic E-state index is -0.676. The van der Waals surface area contributed by atoms with Gasteiger partial charge in [-0.05, 0) is 25.2 Å². The van der Waals surface area contributed by atoms with E-state index < -0.39 is 6.23 Å². The lowest BCUT2D eigenvalue weighted by Crippen LogP contribution is -2.33. The van der Waals surface area contributed by atoms with Crippen molar-refractivity contribution < 1.29 is 28.5 Å². The predicted octanol–water partition coefficient (Wildman–Crippen LogP) is 0.512. The molecule has 0 fully saturated rings. The summed E-state index contributed by atoms with van der Waals surface area (Å²) in [7, 11) is 3.90. The molecule has 0 saturated heterocycles. The van der Waals surface area contributed by atoms with Crippen molar-refractivity contribution >= 4 is 19.1 Å². The lowest BCUT2D eigenvalue weighted by Gasteiger charge is -2.15. The van der Waals surface area contributed by atoms with Crippen LogP contribution in [0.5, 0.6) is 5.75 Å². The van der Waals surface area contributed by atoms with Gasteiger partial charge in [-0.3, -0.25) is 9.59 Å². The van der Waals surface area contributed by atoms with E-state index in [1.165, 1.54) is 0 Å². The highest BCUT2D eigenvalue weighted by Crippen LogP contribution is 2.13. The highest BCUT2D eigenvalue weighted by molar-refractivity contribution is 6.43. The molecule has 11 heteroatoms. The van der Waals surface area contributed by atoms with Gasteiger partial charge in [-0.1, -0.05) is 31.8 Å². The Labute approximate surface area is 209 Å². The number of nitrogens with two attached hydrogens (primary N) is 1. The summed E-state index contributed by atoms with van der Waals surface area (Å²) in [5, 5.41) is 8.49. The maximum Gasteiger partial charge on any atom is 0.251 e. The van der Waals surface area contributed by atoms with Crippen molar-refractivity contribution in [3.8, 4) is 5.75 Å². The molecule has 1 aromatic rings. The lowest BCUT2D eigenvalue weighted by molar-refractivity contribution is -0.126. The molecule has 5 N–H and O–H groups in total. The van der Waals surface area contributed by atoms with E-state index in [0.29, 0.717) is 50.0 Å². The Morgan fingerprint density at radius 1 is 1.09 bits per heavy atom. The normalized spacial score (nSPS) is 12.0. The topological polar surface area (TPSA) is 133 Å². The van der Waals surface area contributed by atoms with Crippen molar-refractivity contribution in [3.63, 3.8) is 0 Å². The molecule has 0 aliphatic carbocycles. The van der Waals surface area contributed by atoms with Crippen molar-refractivity contribution in [2.45, 2.75) is 25.9 Å². The third-order valence-corrected chi connectivity index (χ3v) is 4.38. The lowest BCUT2D eigenvalue weighted by atomic mass is 9.66. The number of hydrogen-bond donors (Lipinski definition) is 4. The van der Waals surface area contributed by atoms with E-state index in [0.717, 1.165) is 0 Å². The fraction of sp³-hybridized carbons (Fsp3) is 0.583. The SMILES string of the molecule is CNCCNC(=O)c1cccc(OCC(N)OCCOCC(=O)NCCOC/C=C/[B]C(C)C)c1. The molecule has 35 heavy (non-hydrogen) atoms. The van der Waals surface area contributed by atoms with Crippen LogP contribution in [0.15, 0.2) is 36.3 Å². The number of rotatable bonds is 20. The zero-order valence-electron chi connectivity index (χ0n) is 21.1. The van der Waals surface area contributed by atoms with Gasteiger partial charge in [0.2, 0.25) is 5.91 Å². The van der Waals surface area contributed by atoms with Crippen molar-refractivity contribution in [2.75, 3.05) is 66.3 Å². The Hall–Kier alpha value is -2.44. The summed E-state index contributed by atoms with van der Waals surface area (Å²) >= 11 is 0. The van der Waals surface area contributed by atoms with Gasteiger partial charge >= 0.3 is 0 Å². The Balaban J connectivity index is 2.07. The number of carbonyl (C=O) groups excluding carboxylic acids is 2. The first-order valence-corrected chi connectivity index (χ1v) is 11.9. The summed E-state index contributed by atoms with van der Waals surface area (Å²) < 4.78 is 21.7. The van der Waals surface area contributed by atoms with Gasteiger partial charge < -0.3 is 40.6 Å². The monoisotopic (exact) mass is 491 g/mol. The Morgan fingerprint density at radius 2 is 1.91 bits per heavy atom. The molecule has 0 spiro atoms. The second-order valence-corrected chi connectivity index (χ2v) is 7.95. The summed E-state index contributed by atoms with van der Waals surface area (Å²) in [5.74, 6) is 2.61. The molecule has 0 heterocycles. The van der Waals surface area contributed by atoms with Crippen LogP contribution in [-0.4, -0.2) is 91.6 Å². The van der Waals surface area contributed by atoms with Crippen molar-refractivity contribution in [1.29, 1.82) is 0 Å². The van der Waals surface area contributed by atoms with Gasteiger partial charge in [0.25, 0.3) is 5.91 Å². The van der Waals surface area contributed by atoms with Crippen LogP contribution in [0.1, 0.15) is 24.2 Å². The first-order chi connectivity index (χ1) is 16.9. The number of benzene rings is 1. The average Bonchev–Trinajstić information content (AvgIpc) is 2.84. The number of amides is 2. The molecule has 0 aliphatic heterocycles. The minimum absolute atomic E-state index is 0.0679. The molecule has 2 amide bonds. The maximum atomic E-state index is 12.1. The smallest absolute Gasteiger partial charge is 0.251 e. The van der Waals surface area contributed by atoms with Crippen LogP contribution in [0.3, 0.4) is 0 Å². The minimum Gasteiger partial charge on any atom is -0.489 e.